The summed E-state index contributed by atoms with van der Waals surface area (Å²) in [6.07, 6.45) is 3.57. The molecule has 0 fully saturated rings. The van der Waals surface area contributed by atoms with E-state index in [1.165, 1.54) is 13.0 Å². The Kier molecular flexibility index (Phi) is 6.54. The Labute approximate surface area is 178 Å². The number of imide groups is 1. The number of carbonyl (C=O) groups excluding carboxylic acids is 2. The first-order chi connectivity index (χ1) is 14.4. The maximum absolute atomic E-state index is 12.8. The van der Waals surface area contributed by atoms with Crippen molar-refractivity contribution in [2.24, 2.45) is 0 Å². The van der Waals surface area contributed by atoms with E-state index in [1.807, 2.05) is 36.4 Å². The monoisotopic (exact) mass is 425 g/mol. The van der Waals surface area contributed by atoms with E-state index >= 15 is 0 Å². The van der Waals surface area contributed by atoms with E-state index < -0.39 is 24.1 Å². The van der Waals surface area contributed by atoms with E-state index in [0.717, 1.165) is 10.5 Å². The van der Waals surface area contributed by atoms with E-state index in [0.29, 0.717) is 10.6 Å². The fraction of sp³-hybridized carbons (Fsp3) is 0.136. The van der Waals surface area contributed by atoms with Gasteiger partial charge in [-0.2, -0.15) is 0 Å². The Morgan fingerprint density at radius 3 is 2.60 bits per heavy atom. The Bertz CT molecular complexity index is 1030. The highest BCUT2D eigenvalue weighted by Crippen LogP contribution is 2.34. The van der Waals surface area contributed by atoms with Crippen LogP contribution in [0.15, 0.2) is 71.9 Å². The molecule has 7 nitrogen and oxygen atoms in total. The lowest BCUT2D eigenvalue weighted by Crippen LogP contribution is -2.54. The minimum Gasteiger partial charge on any atom is -0.478 e. The van der Waals surface area contributed by atoms with Crippen LogP contribution >= 0.6 is 11.6 Å². The standard InChI is InChI=1S/C22H20ClN3O4/c1-14-18(20(27)28)19(16-10-5-11-17(23)13-16)26(22(30)25-14)21(29)24-12-6-9-15-7-3-2-4-8-15/h2-11,13,19H,12H2,1H3,(H,24,29)(H,25,30)(H,27,28). The van der Waals surface area contributed by atoms with Crippen LogP contribution in [0, 0.1) is 0 Å². The number of carboxylic acids is 1. The topological polar surface area (TPSA) is 98.7 Å². The zero-order valence-electron chi connectivity index (χ0n) is 16.1. The molecule has 0 bridgehead atoms. The van der Waals surface area contributed by atoms with Gasteiger partial charge in [0.1, 0.15) is 6.04 Å². The van der Waals surface area contributed by atoms with Crippen LogP contribution in [0.1, 0.15) is 24.1 Å². The molecule has 0 aromatic heterocycles. The molecule has 3 rings (SSSR count). The summed E-state index contributed by atoms with van der Waals surface area (Å²) in [5.41, 5.74) is 1.45. The number of urea groups is 2. The normalized spacial score (nSPS) is 16.5. The molecule has 0 spiro atoms. The zero-order valence-corrected chi connectivity index (χ0v) is 16.9. The Morgan fingerprint density at radius 1 is 1.20 bits per heavy atom. The summed E-state index contributed by atoms with van der Waals surface area (Å²) in [6.45, 7) is 1.64. The molecule has 154 valence electrons. The summed E-state index contributed by atoms with van der Waals surface area (Å²) in [5, 5.41) is 15.2. The molecule has 0 radical (unpaired) electrons. The average molecular weight is 426 g/mol. The van der Waals surface area contributed by atoms with Crippen molar-refractivity contribution in [3.8, 4) is 0 Å². The molecule has 2 aromatic rings. The SMILES string of the molecule is CC1=C(C(=O)O)C(c2cccc(Cl)c2)N(C(=O)NCC=Cc2ccccc2)C(=O)N1. The zero-order chi connectivity index (χ0) is 21.7. The number of nitrogens with zero attached hydrogens (tertiary/aromatic N) is 1. The van der Waals surface area contributed by atoms with Crippen molar-refractivity contribution in [2.75, 3.05) is 6.54 Å². The second-order valence-corrected chi connectivity index (χ2v) is 7.04. The second kappa shape index (κ2) is 9.28. The Morgan fingerprint density at radius 2 is 1.93 bits per heavy atom. The first-order valence-electron chi connectivity index (χ1n) is 9.17. The van der Waals surface area contributed by atoms with Gasteiger partial charge in [0.15, 0.2) is 0 Å². The van der Waals surface area contributed by atoms with Crippen molar-refractivity contribution in [3.63, 3.8) is 0 Å². The number of aliphatic carboxylic acids is 1. The van der Waals surface area contributed by atoms with Crippen LogP contribution in [-0.4, -0.2) is 34.6 Å². The number of carbonyl (C=O) groups is 3. The summed E-state index contributed by atoms with van der Waals surface area (Å²) in [4.78, 5) is 38.2. The summed E-state index contributed by atoms with van der Waals surface area (Å²) >= 11 is 6.06. The van der Waals surface area contributed by atoms with Crippen LogP contribution in [0.25, 0.3) is 6.08 Å². The summed E-state index contributed by atoms with van der Waals surface area (Å²) in [5.74, 6) is -1.24. The number of benzene rings is 2. The van der Waals surface area contributed by atoms with Crippen molar-refractivity contribution >= 4 is 35.7 Å². The molecule has 4 amide bonds. The lowest BCUT2D eigenvalue weighted by molar-refractivity contribution is -0.133. The van der Waals surface area contributed by atoms with Crippen LogP contribution in [-0.2, 0) is 4.79 Å². The number of carboxylic acid groups (broad SMARTS) is 1. The molecule has 2 aromatic carbocycles. The second-order valence-electron chi connectivity index (χ2n) is 6.60. The molecule has 3 N–H and O–H groups in total. The van der Waals surface area contributed by atoms with Gasteiger partial charge >= 0.3 is 18.0 Å². The molecule has 0 saturated heterocycles. The number of rotatable bonds is 5. The lowest BCUT2D eigenvalue weighted by atomic mass is 9.94. The molecule has 1 aliphatic rings. The van der Waals surface area contributed by atoms with Gasteiger partial charge < -0.3 is 15.7 Å². The smallest absolute Gasteiger partial charge is 0.335 e. The van der Waals surface area contributed by atoms with E-state index in [2.05, 4.69) is 10.6 Å². The minimum atomic E-state index is -1.24. The number of hydrogen-bond donors (Lipinski definition) is 3. The van der Waals surface area contributed by atoms with Crippen LogP contribution in [0.5, 0.6) is 0 Å². The fourth-order valence-corrected chi connectivity index (χ4v) is 3.41. The van der Waals surface area contributed by atoms with Gasteiger partial charge in [-0.05, 0) is 30.2 Å². The molecule has 0 saturated carbocycles. The predicted octanol–water partition coefficient (Wildman–Crippen LogP) is 4.19. The number of nitrogens with one attached hydrogen (secondary N) is 2. The quantitative estimate of drug-likeness (QED) is 0.668. The molecule has 30 heavy (non-hydrogen) atoms. The van der Waals surface area contributed by atoms with Gasteiger partial charge in [0.25, 0.3) is 0 Å². The Hall–Kier alpha value is -3.58. The van der Waals surface area contributed by atoms with Crippen molar-refractivity contribution in [1.29, 1.82) is 0 Å². The third-order valence-electron chi connectivity index (χ3n) is 4.54. The Balaban J connectivity index is 1.86. The lowest BCUT2D eigenvalue weighted by Gasteiger charge is -2.35. The maximum atomic E-state index is 12.8. The molecular formula is C22H20ClN3O4. The van der Waals surface area contributed by atoms with Crippen LogP contribution in [0.4, 0.5) is 9.59 Å². The molecular weight excluding hydrogens is 406 g/mol. The maximum Gasteiger partial charge on any atom is 0.335 e. The highest BCUT2D eigenvalue weighted by molar-refractivity contribution is 6.30. The molecule has 1 atom stereocenters. The van der Waals surface area contributed by atoms with Crippen molar-refractivity contribution < 1.29 is 19.5 Å². The van der Waals surface area contributed by atoms with Crippen LogP contribution in [0.2, 0.25) is 5.02 Å². The predicted molar refractivity (Wildman–Crippen MR) is 114 cm³/mol. The van der Waals surface area contributed by atoms with Crippen molar-refractivity contribution in [1.82, 2.24) is 15.5 Å². The van der Waals surface area contributed by atoms with Gasteiger partial charge in [0.2, 0.25) is 0 Å². The van der Waals surface area contributed by atoms with Gasteiger partial charge in [-0.3, -0.25) is 0 Å². The largest absolute Gasteiger partial charge is 0.478 e. The third kappa shape index (κ3) is 4.69. The summed E-state index contributed by atoms with van der Waals surface area (Å²) in [7, 11) is 0. The molecule has 0 aliphatic carbocycles. The van der Waals surface area contributed by atoms with Crippen LogP contribution in [0.3, 0.4) is 0 Å². The minimum absolute atomic E-state index is 0.105. The third-order valence-corrected chi connectivity index (χ3v) is 4.78. The fourth-order valence-electron chi connectivity index (χ4n) is 3.21. The first-order valence-corrected chi connectivity index (χ1v) is 9.55. The molecule has 1 heterocycles. The number of allylic oxidation sites excluding steroid dienone is 1. The first kappa shape index (κ1) is 21.1. The van der Waals surface area contributed by atoms with Gasteiger partial charge in [0.05, 0.1) is 5.57 Å². The van der Waals surface area contributed by atoms with Crippen molar-refractivity contribution in [3.05, 3.63) is 88.1 Å². The van der Waals surface area contributed by atoms with Gasteiger partial charge in [-0.25, -0.2) is 19.3 Å². The average Bonchev–Trinajstić information content (AvgIpc) is 2.71. The summed E-state index contributed by atoms with van der Waals surface area (Å²) < 4.78 is 0. The van der Waals surface area contributed by atoms with E-state index in [9.17, 15) is 19.5 Å². The van der Waals surface area contributed by atoms with E-state index in [4.69, 9.17) is 11.6 Å². The van der Waals surface area contributed by atoms with Crippen molar-refractivity contribution in [2.45, 2.75) is 13.0 Å². The number of hydrogen-bond acceptors (Lipinski definition) is 3. The van der Waals surface area contributed by atoms with Gasteiger partial charge in [0, 0.05) is 17.3 Å². The van der Waals surface area contributed by atoms with Gasteiger partial charge in [-0.15, -0.1) is 0 Å². The number of halogens is 1. The highest BCUT2D eigenvalue weighted by Gasteiger charge is 2.41. The van der Waals surface area contributed by atoms with E-state index in [-0.39, 0.29) is 17.8 Å². The van der Waals surface area contributed by atoms with Crippen LogP contribution < -0.4 is 10.6 Å². The van der Waals surface area contributed by atoms with Gasteiger partial charge in [-0.1, -0.05) is 66.2 Å². The number of amides is 4. The highest BCUT2D eigenvalue weighted by atomic mass is 35.5. The summed E-state index contributed by atoms with van der Waals surface area (Å²) in [6, 6.07) is 13.4. The van der Waals surface area contributed by atoms with E-state index in [1.54, 1.807) is 24.3 Å². The molecule has 1 aliphatic heterocycles. The molecule has 1 unspecified atom stereocenters. The molecule has 8 heteroatoms.